The van der Waals surface area contributed by atoms with Crippen LogP contribution in [0.1, 0.15) is 38.1 Å². The van der Waals surface area contributed by atoms with Gasteiger partial charge >= 0.3 is 13.1 Å². The largest absolute Gasteiger partial charge is 0.516 e. The molecule has 1 fully saturated rings. The Balaban J connectivity index is 2.40. The van der Waals surface area contributed by atoms with E-state index in [4.69, 9.17) is 20.1 Å². The third-order valence-corrected chi connectivity index (χ3v) is 3.73. The Hall–Kier alpha value is -1.60. The third-order valence-electron chi connectivity index (χ3n) is 3.73. The highest BCUT2D eigenvalue weighted by Crippen LogP contribution is 2.36. The fraction of sp³-hybridized carbons (Fsp3) is 0.500. The average Bonchev–Trinajstić information content (AvgIpc) is 2.47. The van der Waals surface area contributed by atoms with Crippen molar-refractivity contribution in [2.45, 2.75) is 38.9 Å². The Labute approximate surface area is 112 Å². The lowest BCUT2D eigenvalue weighted by Gasteiger charge is -2.32. The Bertz CT molecular complexity index is 514. The van der Waals surface area contributed by atoms with Crippen LogP contribution in [0.2, 0.25) is 0 Å². The zero-order valence-electron chi connectivity index (χ0n) is 11.4. The molecule has 0 bridgehead atoms. The lowest BCUT2D eigenvalue weighted by atomic mass is 9.82. The molecule has 102 valence electrons. The van der Waals surface area contributed by atoms with E-state index in [1.165, 1.54) is 12.3 Å². The van der Waals surface area contributed by atoms with Crippen LogP contribution >= 0.6 is 0 Å². The number of nitrogens with two attached hydrogens (primary N) is 1. The fourth-order valence-electron chi connectivity index (χ4n) is 1.82. The van der Waals surface area contributed by atoms with Gasteiger partial charge < -0.3 is 20.1 Å². The first-order valence-corrected chi connectivity index (χ1v) is 5.99. The Morgan fingerprint density at radius 3 is 2.32 bits per heavy atom. The minimum atomic E-state index is -1.10. The molecule has 1 aliphatic rings. The molecular weight excluding hydrogens is 247 g/mol. The second-order valence-electron chi connectivity index (χ2n) is 5.55. The summed E-state index contributed by atoms with van der Waals surface area (Å²) in [5.74, 6) is -1.10. The number of carboxylic acid groups (broad SMARTS) is 1. The number of nitrogen functional groups attached to an aromatic ring is 1. The number of hydrogen-bond donors (Lipinski definition) is 2. The number of pyridine rings is 1. The van der Waals surface area contributed by atoms with Crippen LogP contribution in [-0.4, -0.2) is 34.4 Å². The summed E-state index contributed by atoms with van der Waals surface area (Å²) in [6, 6.07) is 1.35. The van der Waals surface area contributed by atoms with Gasteiger partial charge in [0.2, 0.25) is 0 Å². The molecule has 19 heavy (non-hydrogen) atoms. The van der Waals surface area contributed by atoms with E-state index in [1.807, 2.05) is 27.7 Å². The SMILES string of the molecule is CC1(C)OB(c2nccc(C(=O)O)c2N)OC1(C)C. The molecule has 0 atom stereocenters. The highest BCUT2D eigenvalue weighted by Gasteiger charge is 2.53. The van der Waals surface area contributed by atoms with Crippen molar-refractivity contribution in [1.29, 1.82) is 0 Å². The van der Waals surface area contributed by atoms with Gasteiger partial charge in [0, 0.05) is 6.20 Å². The molecule has 0 unspecified atom stereocenters. The predicted octanol–water partition coefficient (Wildman–Crippen LogP) is 0.661. The van der Waals surface area contributed by atoms with E-state index in [1.54, 1.807) is 0 Å². The molecular formula is C12H17BN2O4. The number of aromatic nitrogens is 1. The van der Waals surface area contributed by atoms with Gasteiger partial charge in [-0.2, -0.15) is 0 Å². The fourth-order valence-corrected chi connectivity index (χ4v) is 1.82. The van der Waals surface area contributed by atoms with Crippen molar-refractivity contribution in [1.82, 2.24) is 4.98 Å². The first-order valence-electron chi connectivity index (χ1n) is 5.99. The maximum absolute atomic E-state index is 11.1. The van der Waals surface area contributed by atoms with E-state index in [9.17, 15) is 4.79 Å². The van der Waals surface area contributed by atoms with E-state index in [0.717, 1.165) is 0 Å². The molecule has 2 rings (SSSR count). The van der Waals surface area contributed by atoms with Gasteiger partial charge in [-0.1, -0.05) is 0 Å². The number of nitrogens with zero attached hydrogens (tertiary/aromatic N) is 1. The molecule has 1 saturated heterocycles. The summed E-state index contributed by atoms with van der Waals surface area (Å²) in [6.45, 7) is 7.63. The second-order valence-corrected chi connectivity index (χ2v) is 5.55. The van der Waals surface area contributed by atoms with Crippen molar-refractivity contribution in [2.75, 3.05) is 5.73 Å². The molecule has 3 N–H and O–H groups in total. The normalized spacial score (nSPS) is 20.5. The van der Waals surface area contributed by atoms with Crippen LogP contribution in [0.4, 0.5) is 5.69 Å². The molecule has 0 amide bonds. The second kappa shape index (κ2) is 4.21. The van der Waals surface area contributed by atoms with Gasteiger partial charge in [-0.05, 0) is 33.8 Å². The van der Waals surface area contributed by atoms with Gasteiger partial charge in [0.25, 0.3) is 0 Å². The maximum atomic E-state index is 11.1. The summed E-state index contributed by atoms with van der Waals surface area (Å²) in [7, 11) is -0.760. The minimum Gasteiger partial charge on any atom is -0.478 e. The van der Waals surface area contributed by atoms with Crippen LogP contribution in [-0.2, 0) is 9.31 Å². The molecule has 1 aromatic heterocycles. The number of hydrogen-bond acceptors (Lipinski definition) is 5. The third kappa shape index (κ3) is 2.19. The molecule has 1 aromatic rings. The standard InChI is InChI=1S/C12H17BN2O4/c1-11(2)12(3,4)19-13(18-11)9-8(14)7(10(16)17)5-6-15-9/h5-6H,14H2,1-4H3,(H,16,17). The number of carbonyl (C=O) groups is 1. The van der Waals surface area contributed by atoms with E-state index in [2.05, 4.69) is 4.98 Å². The maximum Gasteiger partial charge on any atom is 0.516 e. The number of carboxylic acids is 1. The van der Waals surface area contributed by atoms with Gasteiger partial charge in [-0.15, -0.1) is 0 Å². The van der Waals surface area contributed by atoms with Crippen molar-refractivity contribution in [3.63, 3.8) is 0 Å². The Morgan fingerprint density at radius 1 is 1.32 bits per heavy atom. The Kier molecular flexibility index (Phi) is 3.06. The van der Waals surface area contributed by atoms with Crippen molar-refractivity contribution in [2.24, 2.45) is 0 Å². The quantitative estimate of drug-likeness (QED) is 0.762. The average molecular weight is 264 g/mol. The molecule has 7 heteroatoms. The van der Waals surface area contributed by atoms with Gasteiger partial charge in [0.05, 0.1) is 28.0 Å². The molecule has 0 aliphatic carbocycles. The summed E-state index contributed by atoms with van der Waals surface area (Å²) in [6.07, 6.45) is 1.39. The number of aromatic carboxylic acids is 1. The first-order chi connectivity index (χ1) is 8.66. The van der Waals surface area contributed by atoms with E-state index in [-0.39, 0.29) is 11.3 Å². The van der Waals surface area contributed by atoms with Crippen molar-refractivity contribution >= 4 is 24.4 Å². The van der Waals surface area contributed by atoms with Crippen LogP contribution in [0.3, 0.4) is 0 Å². The zero-order chi connectivity index (χ0) is 14.4. The first kappa shape index (κ1) is 13.8. The van der Waals surface area contributed by atoms with Crippen LogP contribution < -0.4 is 11.3 Å². The van der Waals surface area contributed by atoms with Gasteiger partial charge in [-0.3, -0.25) is 4.98 Å². The van der Waals surface area contributed by atoms with Crippen LogP contribution in [0, 0.1) is 0 Å². The van der Waals surface area contributed by atoms with Crippen molar-refractivity contribution < 1.29 is 19.2 Å². The van der Waals surface area contributed by atoms with Crippen LogP contribution in [0.15, 0.2) is 12.3 Å². The number of rotatable bonds is 2. The summed E-state index contributed by atoms with van der Waals surface area (Å²) in [5, 5.41) is 9.05. The monoisotopic (exact) mass is 264 g/mol. The van der Waals surface area contributed by atoms with E-state index in [0.29, 0.717) is 5.59 Å². The predicted molar refractivity (Wildman–Crippen MR) is 71.3 cm³/mol. The van der Waals surface area contributed by atoms with E-state index >= 15 is 0 Å². The number of anilines is 1. The molecule has 0 spiro atoms. The molecule has 1 aliphatic heterocycles. The van der Waals surface area contributed by atoms with Gasteiger partial charge in [-0.25, -0.2) is 4.79 Å². The Morgan fingerprint density at radius 2 is 1.84 bits per heavy atom. The molecule has 0 saturated carbocycles. The molecule has 2 heterocycles. The van der Waals surface area contributed by atoms with Crippen LogP contribution in [0.5, 0.6) is 0 Å². The minimum absolute atomic E-state index is 0.000266. The van der Waals surface area contributed by atoms with Crippen molar-refractivity contribution in [3.05, 3.63) is 17.8 Å². The highest BCUT2D eigenvalue weighted by molar-refractivity contribution is 6.63. The topological polar surface area (TPSA) is 94.7 Å². The molecule has 6 nitrogen and oxygen atoms in total. The van der Waals surface area contributed by atoms with Gasteiger partial charge in [0.1, 0.15) is 0 Å². The van der Waals surface area contributed by atoms with E-state index < -0.39 is 24.3 Å². The lowest BCUT2D eigenvalue weighted by molar-refractivity contribution is 0.00578. The molecule has 0 radical (unpaired) electrons. The molecule has 0 aromatic carbocycles. The summed E-state index contributed by atoms with van der Waals surface area (Å²) < 4.78 is 11.6. The smallest absolute Gasteiger partial charge is 0.478 e. The zero-order valence-corrected chi connectivity index (χ0v) is 11.4. The van der Waals surface area contributed by atoms with Crippen LogP contribution in [0.25, 0.3) is 0 Å². The summed E-state index contributed by atoms with van der Waals surface area (Å²) >= 11 is 0. The lowest BCUT2D eigenvalue weighted by Crippen LogP contribution is -2.41. The summed E-state index contributed by atoms with van der Waals surface area (Å²) in [4.78, 5) is 15.2. The van der Waals surface area contributed by atoms with Gasteiger partial charge in [0.15, 0.2) is 0 Å². The summed E-state index contributed by atoms with van der Waals surface area (Å²) in [5.41, 5.74) is 5.17. The van der Waals surface area contributed by atoms with Crippen molar-refractivity contribution in [3.8, 4) is 0 Å². The highest BCUT2D eigenvalue weighted by atomic mass is 16.7.